The lowest BCUT2D eigenvalue weighted by atomic mass is 9.82. The number of hydrogen-bond acceptors (Lipinski definition) is 5. The van der Waals surface area contributed by atoms with Crippen molar-refractivity contribution < 1.29 is 13.6 Å². The number of carbonyl (C=O) groups excluding carboxylic acids is 1. The molecule has 2 aliphatic rings. The molecule has 0 aliphatic heterocycles. The average molecular weight is 481 g/mol. The lowest BCUT2D eigenvalue weighted by molar-refractivity contribution is 0.0782. The van der Waals surface area contributed by atoms with Gasteiger partial charge >= 0.3 is 0 Å². The first kappa shape index (κ1) is 23.4. The second kappa shape index (κ2) is 9.02. The third-order valence-electron chi connectivity index (χ3n) is 6.68. The average Bonchev–Trinajstić information content (AvgIpc) is 3.11. The van der Waals surface area contributed by atoms with E-state index in [1.165, 1.54) is 20.0 Å². The Morgan fingerprint density at radius 1 is 1.26 bits per heavy atom. The number of amides is 1. The van der Waals surface area contributed by atoms with Crippen LogP contribution in [0.3, 0.4) is 0 Å². The van der Waals surface area contributed by atoms with Gasteiger partial charge in [-0.1, -0.05) is 6.08 Å². The molecule has 1 fully saturated rings. The molecule has 3 heterocycles. The summed E-state index contributed by atoms with van der Waals surface area (Å²) in [4.78, 5) is 21.9. The number of rotatable bonds is 7. The number of fused-ring (bicyclic) bond motifs is 2. The molecular formula is C26H30F2N6O. The first-order valence-electron chi connectivity index (χ1n) is 12.1. The van der Waals surface area contributed by atoms with E-state index in [1.807, 2.05) is 18.3 Å². The molecule has 7 nitrogen and oxygen atoms in total. The lowest BCUT2D eigenvalue weighted by Gasteiger charge is -2.33. The zero-order valence-electron chi connectivity index (χ0n) is 20.1. The molecule has 35 heavy (non-hydrogen) atoms. The molecule has 3 aromatic heterocycles. The van der Waals surface area contributed by atoms with Gasteiger partial charge in [0.05, 0.1) is 36.1 Å². The molecule has 0 saturated heterocycles. The summed E-state index contributed by atoms with van der Waals surface area (Å²) in [6.07, 6.45) is 12.0. The number of nitrogens with zero attached hydrogens (tertiary/aromatic N) is 4. The fraction of sp³-hybridized carbons (Fsp3) is 0.462. The van der Waals surface area contributed by atoms with Crippen molar-refractivity contribution in [1.29, 1.82) is 0 Å². The molecule has 0 unspecified atom stereocenters. The van der Waals surface area contributed by atoms with E-state index >= 15 is 0 Å². The monoisotopic (exact) mass is 480 g/mol. The van der Waals surface area contributed by atoms with Crippen molar-refractivity contribution in [2.24, 2.45) is 0 Å². The van der Waals surface area contributed by atoms with Crippen molar-refractivity contribution in [1.82, 2.24) is 24.9 Å². The Labute approximate surface area is 203 Å². The number of alkyl halides is 2. The summed E-state index contributed by atoms with van der Waals surface area (Å²) in [7, 11) is 0. The molecule has 1 amide bonds. The van der Waals surface area contributed by atoms with Crippen LogP contribution in [-0.4, -0.2) is 49.9 Å². The van der Waals surface area contributed by atoms with Crippen molar-refractivity contribution >= 4 is 22.9 Å². The normalized spacial score (nSPS) is 17.2. The number of hydrogen-bond donors (Lipinski definition) is 2. The Morgan fingerprint density at radius 2 is 2.09 bits per heavy atom. The van der Waals surface area contributed by atoms with Crippen molar-refractivity contribution in [3.63, 3.8) is 0 Å². The molecular weight excluding hydrogens is 450 g/mol. The Kier molecular flexibility index (Phi) is 6.02. The van der Waals surface area contributed by atoms with E-state index in [2.05, 4.69) is 26.8 Å². The highest BCUT2D eigenvalue weighted by Gasteiger charge is 2.36. The zero-order valence-corrected chi connectivity index (χ0v) is 20.1. The minimum atomic E-state index is -1.50. The van der Waals surface area contributed by atoms with Crippen LogP contribution in [-0.2, 0) is 6.42 Å². The molecule has 0 atom stereocenters. The summed E-state index contributed by atoms with van der Waals surface area (Å²) in [6, 6.07) is 3.86. The van der Waals surface area contributed by atoms with Crippen LogP contribution in [0.1, 0.15) is 73.1 Å². The summed E-state index contributed by atoms with van der Waals surface area (Å²) in [6.45, 7) is 2.99. The first-order chi connectivity index (χ1) is 16.7. The standard InChI is InChI=1S/C26H30F2N6O/c1-25(2,27)15-30-23(35)20-14-32-34-11-8-17(12-22(20)34)18-6-3-4-7-21-19(18)13-29-24(33-21)31-16-26(28)9-5-10-26/h6,8,11-14H,3-5,7,9-10,15-16H2,1-2H3,(H,30,35)(H,29,31,33). The Bertz CT molecular complexity index is 1290. The van der Waals surface area contributed by atoms with Crippen LogP contribution in [0.4, 0.5) is 14.7 Å². The molecule has 2 N–H and O–H groups in total. The summed E-state index contributed by atoms with van der Waals surface area (Å²) in [5, 5.41) is 10.00. The maximum absolute atomic E-state index is 14.4. The van der Waals surface area contributed by atoms with Gasteiger partial charge in [-0.15, -0.1) is 0 Å². The Hall–Kier alpha value is -3.36. The predicted octanol–water partition coefficient (Wildman–Crippen LogP) is 4.67. The van der Waals surface area contributed by atoms with Gasteiger partial charge in [-0.25, -0.2) is 23.3 Å². The van der Waals surface area contributed by atoms with Gasteiger partial charge in [0, 0.05) is 18.0 Å². The molecule has 0 radical (unpaired) electrons. The molecule has 5 rings (SSSR count). The van der Waals surface area contributed by atoms with Crippen LogP contribution in [0.5, 0.6) is 0 Å². The summed E-state index contributed by atoms with van der Waals surface area (Å²) < 4.78 is 29.9. The maximum atomic E-state index is 14.4. The highest BCUT2D eigenvalue weighted by molar-refractivity contribution is 6.01. The number of aryl methyl sites for hydroxylation is 1. The molecule has 0 aromatic carbocycles. The minimum Gasteiger partial charge on any atom is -0.351 e. The quantitative estimate of drug-likeness (QED) is 0.513. The van der Waals surface area contributed by atoms with Gasteiger partial charge in [0.15, 0.2) is 0 Å². The molecule has 9 heteroatoms. The van der Waals surface area contributed by atoms with Gasteiger partial charge in [0.1, 0.15) is 11.3 Å². The second-order valence-corrected chi connectivity index (χ2v) is 10.1. The molecule has 0 bridgehead atoms. The van der Waals surface area contributed by atoms with Crippen LogP contribution in [0.2, 0.25) is 0 Å². The number of pyridine rings is 1. The lowest BCUT2D eigenvalue weighted by Crippen LogP contribution is -2.39. The van der Waals surface area contributed by atoms with Crippen LogP contribution < -0.4 is 10.6 Å². The summed E-state index contributed by atoms with van der Waals surface area (Å²) in [5.74, 6) is 0.0872. The Balaban J connectivity index is 1.42. The zero-order chi connectivity index (χ0) is 24.6. The third kappa shape index (κ3) is 5.04. The van der Waals surface area contributed by atoms with Crippen molar-refractivity contribution in [3.8, 4) is 0 Å². The topological polar surface area (TPSA) is 84.2 Å². The van der Waals surface area contributed by atoms with E-state index in [0.29, 0.717) is 29.9 Å². The SMILES string of the molecule is CC(C)(F)CNC(=O)c1cnn2ccc(C3=CCCCc4nc(NCC5(F)CCC5)ncc43)cc12. The van der Waals surface area contributed by atoms with E-state index in [0.717, 1.165) is 48.1 Å². The van der Waals surface area contributed by atoms with Crippen LogP contribution >= 0.6 is 0 Å². The smallest absolute Gasteiger partial charge is 0.255 e. The number of halogens is 2. The number of carbonyl (C=O) groups is 1. The van der Waals surface area contributed by atoms with Gasteiger partial charge in [-0.3, -0.25) is 4.79 Å². The summed E-state index contributed by atoms with van der Waals surface area (Å²) in [5.41, 5.74) is 2.13. The highest BCUT2D eigenvalue weighted by Crippen LogP contribution is 2.36. The van der Waals surface area contributed by atoms with Gasteiger partial charge in [-0.2, -0.15) is 5.10 Å². The predicted molar refractivity (Wildman–Crippen MR) is 131 cm³/mol. The maximum Gasteiger partial charge on any atom is 0.255 e. The highest BCUT2D eigenvalue weighted by atomic mass is 19.1. The van der Waals surface area contributed by atoms with Crippen molar-refractivity contribution in [2.75, 3.05) is 18.4 Å². The third-order valence-corrected chi connectivity index (χ3v) is 6.68. The number of nitrogens with one attached hydrogen (secondary N) is 2. The van der Waals surface area contributed by atoms with Crippen molar-refractivity contribution in [2.45, 2.75) is 63.7 Å². The summed E-state index contributed by atoms with van der Waals surface area (Å²) >= 11 is 0. The van der Waals surface area contributed by atoms with E-state index in [-0.39, 0.29) is 19.0 Å². The van der Waals surface area contributed by atoms with Crippen molar-refractivity contribution in [3.05, 3.63) is 59.2 Å². The second-order valence-electron chi connectivity index (χ2n) is 10.1. The number of allylic oxidation sites excluding steroid dienone is 1. The van der Waals surface area contributed by atoms with Gasteiger partial charge < -0.3 is 10.6 Å². The van der Waals surface area contributed by atoms with Crippen LogP contribution in [0, 0.1) is 0 Å². The largest absolute Gasteiger partial charge is 0.351 e. The van der Waals surface area contributed by atoms with E-state index < -0.39 is 11.3 Å². The van der Waals surface area contributed by atoms with Crippen LogP contribution in [0.15, 0.2) is 36.8 Å². The van der Waals surface area contributed by atoms with E-state index in [9.17, 15) is 13.6 Å². The first-order valence-corrected chi connectivity index (χ1v) is 12.1. The fourth-order valence-corrected chi connectivity index (χ4v) is 4.50. The molecule has 2 aliphatic carbocycles. The minimum absolute atomic E-state index is 0.0847. The van der Waals surface area contributed by atoms with Crippen LogP contribution in [0.25, 0.3) is 11.1 Å². The van der Waals surface area contributed by atoms with E-state index in [4.69, 9.17) is 4.98 Å². The molecule has 0 spiro atoms. The van der Waals surface area contributed by atoms with Gasteiger partial charge in [-0.05, 0) is 75.6 Å². The molecule has 184 valence electrons. The van der Waals surface area contributed by atoms with Gasteiger partial charge in [0.2, 0.25) is 5.95 Å². The number of aromatic nitrogens is 4. The molecule has 3 aromatic rings. The van der Waals surface area contributed by atoms with Gasteiger partial charge in [0.25, 0.3) is 5.91 Å². The number of anilines is 1. The van der Waals surface area contributed by atoms with E-state index in [1.54, 1.807) is 10.7 Å². The molecule has 1 saturated carbocycles. The Morgan fingerprint density at radius 3 is 2.83 bits per heavy atom. The fourth-order valence-electron chi connectivity index (χ4n) is 4.50.